The zero-order chi connectivity index (χ0) is 14.3. The number of carbonyl (C=O) groups is 1. The maximum Gasteiger partial charge on any atom is 0.270 e. The zero-order valence-electron chi connectivity index (χ0n) is 11.5. The number of hydrogen-bond acceptors (Lipinski definition) is 3. The van der Waals surface area contributed by atoms with Gasteiger partial charge >= 0.3 is 0 Å². The van der Waals surface area contributed by atoms with E-state index in [9.17, 15) is 9.90 Å². The van der Waals surface area contributed by atoms with Crippen molar-refractivity contribution in [3.63, 3.8) is 0 Å². The lowest BCUT2D eigenvalue weighted by molar-refractivity contribution is 0.0246. The summed E-state index contributed by atoms with van der Waals surface area (Å²) in [4.78, 5) is 17.3. The first kappa shape index (κ1) is 13.0. The predicted molar refractivity (Wildman–Crippen MR) is 78.4 cm³/mol. The molecule has 1 aliphatic rings. The van der Waals surface area contributed by atoms with E-state index in [0.717, 1.165) is 17.3 Å². The van der Waals surface area contributed by atoms with E-state index in [1.807, 2.05) is 25.1 Å². The van der Waals surface area contributed by atoms with Crippen molar-refractivity contribution in [2.75, 3.05) is 18.8 Å². The van der Waals surface area contributed by atoms with Crippen molar-refractivity contribution in [2.45, 2.75) is 19.4 Å². The van der Waals surface area contributed by atoms with Crippen molar-refractivity contribution in [1.29, 1.82) is 0 Å². The van der Waals surface area contributed by atoms with Crippen LogP contribution in [-0.2, 0) is 0 Å². The van der Waals surface area contributed by atoms with Gasteiger partial charge < -0.3 is 20.7 Å². The highest BCUT2D eigenvalue weighted by Gasteiger charge is 2.28. The molecule has 1 fully saturated rings. The van der Waals surface area contributed by atoms with Crippen LogP contribution in [0.4, 0.5) is 5.69 Å². The molecule has 2 aromatic rings. The average molecular weight is 273 g/mol. The van der Waals surface area contributed by atoms with E-state index in [0.29, 0.717) is 24.5 Å². The van der Waals surface area contributed by atoms with Gasteiger partial charge in [0, 0.05) is 29.7 Å². The van der Waals surface area contributed by atoms with Gasteiger partial charge in [-0.2, -0.15) is 0 Å². The number of amides is 1. The van der Waals surface area contributed by atoms with Crippen molar-refractivity contribution >= 4 is 22.5 Å². The normalized spacial score (nSPS) is 23.2. The van der Waals surface area contributed by atoms with Crippen molar-refractivity contribution in [1.82, 2.24) is 9.88 Å². The second-order valence-electron chi connectivity index (χ2n) is 5.61. The number of rotatable bonds is 1. The number of carbonyl (C=O) groups excluding carboxylic acids is 1. The van der Waals surface area contributed by atoms with Crippen molar-refractivity contribution < 1.29 is 9.90 Å². The van der Waals surface area contributed by atoms with Crippen molar-refractivity contribution in [3.05, 3.63) is 30.0 Å². The Hall–Kier alpha value is -2.01. The van der Waals surface area contributed by atoms with Gasteiger partial charge in [-0.15, -0.1) is 0 Å². The maximum absolute atomic E-state index is 12.5. The minimum atomic E-state index is -0.437. The number of nitrogens with one attached hydrogen (secondary N) is 1. The Morgan fingerprint density at radius 1 is 1.45 bits per heavy atom. The molecule has 0 radical (unpaired) electrons. The summed E-state index contributed by atoms with van der Waals surface area (Å²) in [6.07, 6.45) is 0.396. The van der Waals surface area contributed by atoms with Gasteiger partial charge in [0.05, 0.1) is 6.10 Å². The van der Waals surface area contributed by atoms with Crippen LogP contribution >= 0.6 is 0 Å². The van der Waals surface area contributed by atoms with Gasteiger partial charge in [-0.3, -0.25) is 4.79 Å². The molecule has 2 atom stereocenters. The molecule has 5 heteroatoms. The van der Waals surface area contributed by atoms with Gasteiger partial charge in [0.25, 0.3) is 5.91 Å². The van der Waals surface area contributed by atoms with Gasteiger partial charge in [-0.25, -0.2) is 0 Å². The Kier molecular flexibility index (Phi) is 3.14. The summed E-state index contributed by atoms with van der Waals surface area (Å²) in [5.74, 6) is 0.187. The molecule has 1 aromatic heterocycles. The van der Waals surface area contributed by atoms with Crippen LogP contribution in [0.15, 0.2) is 24.3 Å². The van der Waals surface area contributed by atoms with Crippen LogP contribution in [0.2, 0.25) is 0 Å². The molecule has 1 amide bonds. The topological polar surface area (TPSA) is 82.3 Å². The Labute approximate surface area is 117 Å². The number of fused-ring (bicyclic) bond motifs is 1. The Bertz CT molecular complexity index is 650. The summed E-state index contributed by atoms with van der Waals surface area (Å²) < 4.78 is 0. The summed E-state index contributed by atoms with van der Waals surface area (Å²) in [6.45, 7) is 3.10. The zero-order valence-corrected chi connectivity index (χ0v) is 11.5. The van der Waals surface area contributed by atoms with E-state index in [2.05, 4.69) is 4.98 Å². The summed E-state index contributed by atoms with van der Waals surface area (Å²) >= 11 is 0. The molecule has 0 saturated carbocycles. The van der Waals surface area contributed by atoms with E-state index in [1.54, 1.807) is 11.0 Å². The van der Waals surface area contributed by atoms with Crippen LogP contribution < -0.4 is 5.73 Å². The van der Waals surface area contributed by atoms with E-state index in [1.165, 1.54) is 0 Å². The third-order valence-electron chi connectivity index (χ3n) is 4.08. The van der Waals surface area contributed by atoms with E-state index < -0.39 is 6.10 Å². The lowest BCUT2D eigenvalue weighted by Gasteiger charge is -2.34. The number of nitrogens with zero attached hydrogens (tertiary/aromatic N) is 1. The minimum absolute atomic E-state index is 0.0641. The first-order chi connectivity index (χ1) is 9.54. The highest BCUT2D eigenvalue weighted by atomic mass is 16.3. The fraction of sp³-hybridized carbons (Fsp3) is 0.400. The molecule has 3 rings (SSSR count). The van der Waals surface area contributed by atoms with Gasteiger partial charge in [0.2, 0.25) is 0 Å². The highest BCUT2D eigenvalue weighted by Crippen LogP contribution is 2.22. The number of likely N-dealkylation sites (tertiary alicyclic amines) is 1. The molecule has 0 bridgehead atoms. The van der Waals surface area contributed by atoms with Crippen LogP contribution in [-0.4, -0.2) is 40.1 Å². The minimum Gasteiger partial charge on any atom is -0.399 e. The molecule has 1 aliphatic heterocycles. The maximum atomic E-state index is 12.5. The fourth-order valence-electron chi connectivity index (χ4n) is 2.67. The van der Waals surface area contributed by atoms with Crippen molar-refractivity contribution in [2.24, 2.45) is 5.92 Å². The first-order valence-electron chi connectivity index (χ1n) is 6.90. The number of piperidine rings is 1. The molecule has 0 spiro atoms. The number of H-pyrrole nitrogens is 1. The van der Waals surface area contributed by atoms with E-state index in [-0.39, 0.29) is 11.8 Å². The Morgan fingerprint density at radius 2 is 2.25 bits per heavy atom. The lowest BCUT2D eigenvalue weighted by atomic mass is 9.96. The quantitative estimate of drug-likeness (QED) is 0.690. The average Bonchev–Trinajstić information content (AvgIpc) is 2.84. The molecule has 1 saturated heterocycles. The number of aromatic nitrogens is 1. The molecular formula is C15H19N3O2. The second-order valence-corrected chi connectivity index (χ2v) is 5.61. The van der Waals surface area contributed by atoms with Crippen molar-refractivity contribution in [3.8, 4) is 0 Å². The first-order valence-corrected chi connectivity index (χ1v) is 6.90. The van der Waals surface area contributed by atoms with Crippen LogP contribution in [0.1, 0.15) is 23.8 Å². The summed E-state index contributed by atoms with van der Waals surface area (Å²) in [7, 11) is 0. The molecule has 1 aromatic carbocycles. The summed E-state index contributed by atoms with van der Waals surface area (Å²) in [6, 6.07) is 7.34. The number of aliphatic hydroxyl groups excluding tert-OH is 1. The summed E-state index contributed by atoms with van der Waals surface area (Å²) in [5, 5.41) is 10.8. The number of benzene rings is 1. The van der Waals surface area contributed by atoms with E-state index in [4.69, 9.17) is 5.73 Å². The molecule has 5 nitrogen and oxygen atoms in total. The summed E-state index contributed by atoms with van der Waals surface area (Å²) in [5.41, 5.74) is 7.87. The number of β-amino-alcohol motifs (C(OH)–C–C–N with tert-alkyl or cyclic N) is 1. The smallest absolute Gasteiger partial charge is 0.270 e. The molecule has 2 heterocycles. The highest BCUT2D eigenvalue weighted by molar-refractivity contribution is 5.98. The molecule has 2 unspecified atom stereocenters. The largest absolute Gasteiger partial charge is 0.399 e. The molecule has 20 heavy (non-hydrogen) atoms. The Morgan fingerprint density at radius 3 is 3.00 bits per heavy atom. The molecule has 4 N–H and O–H groups in total. The predicted octanol–water partition coefficient (Wildman–Crippen LogP) is 1.59. The number of nitrogen functional groups attached to an aromatic ring is 1. The van der Waals surface area contributed by atoms with Gasteiger partial charge in [-0.05, 0) is 36.6 Å². The molecular weight excluding hydrogens is 254 g/mol. The van der Waals surface area contributed by atoms with Crippen LogP contribution in [0.25, 0.3) is 10.9 Å². The Balaban J connectivity index is 1.85. The SMILES string of the molecule is CC1CCN(C(=O)c2cc3cc(N)ccc3[nH]2)CC1O. The second kappa shape index (κ2) is 4.83. The number of hydrogen-bond donors (Lipinski definition) is 3. The van der Waals surface area contributed by atoms with Crippen LogP contribution in [0, 0.1) is 5.92 Å². The van der Waals surface area contributed by atoms with E-state index >= 15 is 0 Å². The fourth-order valence-corrected chi connectivity index (χ4v) is 2.67. The van der Waals surface area contributed by atoms with Gasteiger partial charge in [-0.1, -0.05) is 6.92 Å². The van der Waals surface area contributed by atoms with Crippen LogP contribution in [0.3, 0.4) is 0 Å². The number of anilines is 1. The molecule has 106 valence electrons. The number of aromatic amines is 1. The third-order valence-corrected chi connectivity index (χ3v) is 4.08. The lowest BCUT2D eigenvalue weighted by Crippen LogP contribution is -2.45. The van der Waals surface area contributed by atoms with Gasteiger partial charge in [0.15, 0.2) is 0 Å². The number of aliphatic hydroxyl groups is 1. The monoisotopic (exact) mass is 273 g/mol. The number of nitrogens with two attached hydrogens (primary N) is 1. The standard InChI is InChI=1S/C15H19N3O2/c1-9-4-5-18(8-14(9)19)15(20)13-7-10-6-11(16)2-3-12(10)17-13/h2-3,6-7,9,14,17,19H,4-5,8,16H2,1H3. The third kappa shape index (κ3) is 2.25. The molecule has 0 aliphatic carbocycles. The van der Waals surface area contributed by atoms with Crippen LogP contribution in [0.5, 0.6) is 0 Å². The van der Waals surface area contributed by atoms with Gasteiger partial charge in [0.1, 0.15) is 5.69 Å².